The monoisotopic (exact) mass is 356 g/mol. The van der Waals surface area contributed by atoms with Gasteiger partial charge in [0.05, 0.1) is 5.41 Å². The number of amides is 1. The molecule has 1 amide bonds. The molecule has 1 saturated heterocycles. The van der Waals surface area contributed by atoms with Crippen LogP contribution >= 0.6 is 11.6 Å². The predicted octanol–water partition coefficient (Wildman–Crippen LogP) is 3.43. The molecule has 4 nitrogen and oxygen atoms in total. The first-order chi connectivity index (χ1) is 12.1. The van der Waals surface area contributed by atoms with E-state index in [1.807, 2.05) is 41.3 Å². The van der Waals surface area contributed by atoms with E-state index in [0.717, 1.165) is 50.3 Å². The summed E-state index contributed by atoms with van der Waals surface area (Å²) in [5.41, 5.74) is 1.84. The van der Waals surface area contributed by atoms with Gasteiger partial charge in [0.2, 0.25) is 5.91 Å². The number of hydrogen-bond acceptors (Lipinski definition) is 3. The van der Waals surface area contributed by atoms with Gasteiger partial charge in [0.1, 0.15) is 5.75 Å². The van der Waals surface area contributed by atoms with Gasteiger partial charge in [-0.25, -0.2) is 0 Å². The molecule has 0 spiro atoms. The summed E-state index contributed by atoms with van der Waals surface area (Å²) in [7, 11) is 0. The number of piperazine rings is 1. The number of nitrogens with zero attached hydrogens (tertiary/aromatic N) is 2. The number of anilines is 1. The van der Waals surface area contributed by atoms with Crippen molar-refractivity contribution >= 4 is 23.2 Å². The molecule has 1 heterocycles. The van der Waals surface area contributed by atoms with Crippen LogP contribution in [0.5, 0.6) is 5.75 Å². The molecule has 0 unspecified atom stereocenters. The summed E-state index contributed by atoms with van der Waals surface area (Å²) in [6, 6.07) is 14.9. The molecular formula is C20H21ClN2O2. The van der Waals surface area contributed by atoms with E-state index in [-0.39, 0.29) is 17.1 Å². The minimum atomic E-state index is -0.328. The van der Waals surface area contributed by atoms with E-state index in [9.17, 15) is 9.90 Å². The van der Waals surface area contributed by atoms with Crippen LogP contribution in [0, 0.1) is 0 Å². The Labute approximate surface area is 152 Å². The van der Waals surface area contributed by atoms with Gasteiger partial charge in [-0.3, -0.25) is 4.79 Å². The molecule has 0 aromatic heterocycles. The van der Waals surface area contributed by atoms with Gasteiger partial charge in [0, 0.05) is 36.9 Å². The summed E-state index contributed by atoms with van der Waals surface area (Å²) in [6.45, 7) is 3.09. The number of phenolic OH excluding ortho intramolecular Hbond substituents is 1. The Morgan fingerprint density at radius 1 is 0.920 bits per heavy atom. The average molecular weight is 357 g/mol. The molecule has 0 atom stereocenters. The number of hydrogen-bond donors (Lipinski definition) is 1. The molecule has 1 aliphatic heterocycles. The molecule has 1 aliphatic carbocycles. The lowest BCUT2D eigenvalue weighted by Gasteiger charge is -2.38. The van der Waals surface area contributed by atoms with Gasteiger partial charge < -0.3 is 14.9 Å². The highest BCUT2D eigenvalue weighted by atomic mass is 35.5. The van der Waals surface area contributed by atoms with Crippen LogP contribution in [0.1, 0.15) is 18.4 Å². The fourth-order valence-electron chi connectivity index (χ4n) is 3.65. The Morgan fingerprint density at radius 3 is 2.08 bits per heavy atom. The van der Waals surface area contributed by atoms with Crippen LogP contribution in [-0.4, -0.2) is 42.1 Å². The van der Waals surface area contributed by atoms with Crippen LogP contribution in [0.2, 0.25) is 5.02 Å². The molecule has 2 aromatic rings. The number of carbonyl (C=O) groups excluding carboxylic acids is 1. The second-order valence-corrected chi connectivity index (χ2v) is 7.32. The van der Waals surface area contributed by atoms with E-state index in [0.29, 0.717) is 5.02 Å². The van der Waals surface area contributed by atoms with Crippen LogP contribution in [0.25, 0.3) is 0 Å². The molecule has 130 valence electrons. The third-order valence-corrected chi connectivity index (χ3v) is 5.59. The van der Waals surface area contributed by atoms with Crippen molar-refractivity contribution < 1.29 is 9.90 Å². The van der Waals surface area contributed by atoms with Crippen LogP contribution in [-0.2, 0) is 10.2 Å². The minimum absolute atomic E-state index is 0.250. The molecule has 2 aromatic carbocycles. The zero-order chi connectivity index (χ0) is 17.4. The number of carbonyl (C=O) groups is 1. The molecule has 1 saturated carbocycles. The summed E-state index contributed by atoms with van der Waals surface area (Å²) in [5.74, 6) is 0.524. The van der Waals surface area contributed by atoms with Gasteiger partial charge in [-0.1, -0.05) is 23.7 Å². The first-order valence-electron chi connectivity index (χ1n) is 8.68. The Kier molecular flexibility index (Phi) is 4.08. The average Bonchev–Trinajstić information content (AvgIpc) is 3.44. The molecule has 2 fully saturated rings. The largest absolute Gasteiger partial charge is 0.508 e. The summed E-state index contributed by atoms with van der Waals surface area (Å²) in [5, 5.41) is 10.1. The first kappa shape index (κ1) is 16.3. The lowest BCUT2D eigenvalue weighted by molar-refractivity contribution is -0.134. The standard InChI is InChI=1S/C20H21ClN2O2/c21-16-3-1-15(2-4-16)20(9-10-20)19(25)23-13-11-22(12-14-23)17-5-7-18(24)8-6-17/h1-8,24H,9-14H2. The summed E-state index contributed by atoms with van der Waals surface area (Å²) in [4.78, 5) is 17.4. The van der Waals surface area contributed by atoms with Crippen molar-refractivity contribution in [2.45, 2.75) is 18.3 Å². The maximum Gasteiger partial charge on any atom is 0.233 e. The maximum absolute atomic E-state index is 13.1. The van der Waals surface area contributed by atoms with Crippen molar-refractivity contribution in [1.82, 2.24) is 4.90 Å². The summed E-state index contributed by atoms with van der Waals surface area (Å²) in [6.07, 6.45) is 1.84. The first-order valence-corrected chi connectivity index (χ1v) is 9.06. The third-order valence-electron chi connectivity index (χ3n) is 5.34. The molecule has 2 aliphatic rings. The quantitative estimate of drug-likeness (QED) is 0.916. The molecule has 1 N–H and O–H groups in total. The molecule has 5 heteroatoms. The normalized spacial score (nSPS) is 18.9. The molecule has 0 bridgehead atoms. The van der Waals surface area contributed by atoms with E-state index in [1.54, 1.807) is 12.1 Å². The van der Waals surface area contributed by atoms with E-state index in [2.05, 4.69) is 4.90 Å². The van der Waals surface area contributed by atoms with Gasteiger partial charge >= 0.3 is 0 Å². The second kappa shape index (κ2) is 6.26. The van der Waals surface area contributed by atoms with Gasteiger partial charge in [0.15, 0.2) is 0 Å². The van der Waals surface area contributed by atoms with Crippen LogP contribution in [0.15, 0.2) is 48.5 Å². The van der Waals surface area contributed by atoms with Gasteiger partial charge in [-0.2, -0.15) is 0 Å². The number of halogens is 1. The Balaban J connectivity index is 1.43. The van der Waals surface area contributed by atoms with Crippen molar-refractivity contribution in [3.8, 4) is 5.75 Å². The number of aromatic hydroxyl groups is 1. The van der Waals surface area contributed by atoms with E-state index in [1.165, 1.54) is 0 Å². The topological polar surface area (TPSA) is 43.8 Å². The Morgan fingerprint density at radius 2 is 1.52 bits per heavy atom. The Hall–Kier alpha value is -2.20. The van der Waals surface area contributed by atoms with Crippen molar-refractivity contribution in [2.24, 2.45) is 0 Å². The zero-order valence-electron chi connectivity index (χ0n) is 14.0. The van der Waals surface area contributed by atoms with Gasteiger partial charge in [-0.05, 0) is 54.8 Å². The number of rotatable bonds is 3. The summed E-state index contributed by atoms with van der Waals surface area (Å²) >= 11 is 5.98. The summed E-state index contributed by atoms with van der Waals surface area (Å²) < 4.78 is 0. The fourth-order valence-corrected chi connectivity index (χ4v) is 3.78. The van der Waals surface area contributed by atoms with Crippen molar-refractivity contribution in [2.75, 3.05) is 31.1 Å². The van der Waals surface area contributed by atoms with Crippen molar-refractivity contribution in [1.29, 1.82) is 0 Å². The molecular weight excluding hydrogens is 336 g/mol. The van der Waals surface area contributed by atoms with Crippen LogP contribution in [0.4, 0.5) is 5.69 Å². The highest BCUT2D eigenvalue weighted by molar-refractivity contribution is 6.30. The van der Waals surface area contributed by atoms with Crippen LogP contribution < -0.4 is 4.90 Å². The fraction of sp³-hybridized carbons (Fsp3) is 0.350. The molecule has 25 heavy (non-hydrogen) atoms. The Bertz CT molecular complexity index is 761. The van der Waals surface area contributed by atoms with Gasteiger partial charge in [0.25, 0.3) is 0 Å². The smallest absolute Gasteiger partial charge is 0.233 e. The van der Waals surface area contributed by atoms with E-state index >= 15 is 0 Å². The van der Waals surface area contributed by atoms with E-state index < -0.39 is 0 Å². The lowest BCUT2D eigenvalue weighted by Crippen LogP contribution is -2.51. The van der Waals surface area contributed by atoms with Crippen molar-refractivity contribution in [3.05, 3.63) is 59.1 Å². The predicted molar refractivity (Wildman–Crippen MR) is 99.3 cm³/mol. The third kappa shape index (κ3) is 3.07. The number of phenols is 1. The van der Waals surface area contributed by atoms with Crippen molar-refractivity contribution in [3.63, 3.8) is 0 Å². The van der Waals surface area contributed by atoms with Crippen LogP contribution in [0.3, 0.4) is 0 Å². The zero-order valence-corrected chi connectivity index (χ0v) is 14.7. The molecule has 0 radical (unpaired) electrons. The lowest BCUT2D eigenvalue weighted by atomic mass is 9.94. The minimum Gasteiger partial charge on any atom is -0.508 e. The molecule has 4 rings (SSSR count). The highest BCUT2D eigenvalue weighted by Gasteiger charge is 2.53. The maximum atomic E-state index is 13.1. The van der Waals surface area contributed by atoms with E-state index in [4.69, 9.17) is 11.6 Å². The second-order valence-electron chi connectivity index (χ2n) is 6.88. The number of benzene rings is 2. The SMILES string of the molecule is O=C(N1CCN(c2ccc(O)cc2)CC1)C1(c2ccc(Cl)cc2)CC1. The van der Waals surface area contributed by atoms with Gasteiger partial charge in [-0.15, -0.1) is 0 Å². The highest BCUT2D eigenvalue weighted by Crippen LogP contribution is 2.49.